The van der Waals surface area contributed by atoms with E-state index in [1.165, 1.54) is 0 Å². The molecule has 0 bridgehead atoms. The van der Waals surface area contributed by atoms with Crippen LogP contribution < -0.4 is 5.32 Å². The van der Waals surface area contributed by atoms with Crippen LogP contribution in [0.25, 0.3) is 0 Å². The van der Waals surface area contributed by atoms with Crippen LogP contribution in [0.1, 0.15) is 50.7 Å². The Morgan fingerprint density at radius 3 is 2.23 bits per heavy atom. The first-order chi connectivity index (χ1) is 14.9. The molecule has 2 heterocycles. The van der Waals surface area contributed by atoms with E-state index in [9.17, 15) is 14.4 Å². The van der Waals surface area contributed by atoms with Gasteiger partial charge in [0.05, 0.1) is 11.6 Å². The van der Waals surface area contributed by atoms with Crippen LogP contribution in [0.5, 0.6) is 0 Å². The summed E-state index contributed by atoms with van der Waals surface area (Å²) >= 11 is 0. The van der Waals surface area contributed by atoms with E-state index in [1.54, 1.807) is 4.90 Å². The Balaban J connectivity index is 1.53. The lowest BCUT2D eigenvalue weighted by Crippen LogP contribution is -2.52. The Bertz CT molecular complexity index is 847. The maximum Gasteiger partial charge on any atom is 0.325 e. The zero-order valence-corrected chi connectivity index (χ0v) is 18.4. The molecule has 2 saturated heterocycles. The normalized spacial score (nSPS) is 18.7. The molecule has 3 rings (SSSR count). The fourth-order valence-electron chi connectivity index (χ4n) is 4.47. The average molecular weight is 426 g/mol. The van der Waals surface area contributed by atoms with Crippen molar-refractivity contribution in [2.24, 2.45) is 0 Å². The molecule has 0 aliphatic carbocycles. The number of benzene rings is 1. The number of rotatable bonds is 8. The summed E-state index contributed by atoms with van der Waals surface area (Å²) in [5.41, 5.74) is 0.906. The third-order valence-electron chi connectivity index (χ3n) is 6.11. The number of piperazine rings is 1. The zero-order chi connectivity index (χ0) is 22.4. The van der Waals surface area contributed by atoms with Crippen LogP contribution >= 0.6 is 0 Å². The quantitative estimate of drug-likeness (QED) is 0.644. The topological polar surface area (TPSA) is 96.8 Å². The summed E-state index contributed by atoms with van der Waals surface area (Å²) in [6.45, 7) is 7.11. The average Bonchev–Trinajstić information content (AvgIpc) is 2.99. The van der Waals surface area contributed by atoms with Crippen LogP contribution in [0.2, 0.25) is 0 Å². The second-order valence-corrected chi connectivity index (χ2v) is 8.37. The van der Waals surface area contributed by atoms with Gasteiger partial charge in [0.15, 0.2) is 0 Å². The van der Waals surface area contributed by atoms with E-state index in [0.717, 1.165) is 42.9 Å². The molecule has 2 aliphatic heterocycles. The van der Waals surface area contributed by atoms with Crippen LogP contribution in [0.4, 0.5) is 4.79 Å². The number of imide groups is 1. The van der Waals surface area contributed by atoms with Crippen LogP contribution in [0, 0.1) is 11.3 Å². The summed E-state index contributed by atoms with van der Waals surface area (Å²) in [5.74, 6) is -0.459. The number of carbonyl (C=O) groups excluding carboxylic acids is 3. The molecule has 1 aromatic carbocycles. The highest BCUT2D eigenvalue weighted by atomic mass is 16.2. The van der Waals surface area contributed by atoms with Crippen molar-refractivity contribution in [2.75, 3.05) is 32.7 Å². The number of nitriles is 1. The number of carbonyl (C=O) groups is 3. The maximum absolute atomic E-state index is 13.0. The Morgan fingerprint density at radius 1 is 1.06 bits per heavy atom. The van der Waals surface area contributed by atoms with E-state index in [0.29, 0.717) is 31.5 Å². The molecule has 8 heteroatoms. The lowest BCUT2D eigenvalue weighted by atomic mass is 9.88. The summed E-state index contributed by atoms with van der Waals surface area (Å²) in [7, 11) is 0. The van der Waals surface area contributed by atoms with Gasteiger partial charge in [0.25, 0.3) is 5.91 Å². The summed E-state index contributed by atoms with van der Waals surface area (Å²) in [6, 6.07) is 9.18. The van der Waals surface area contributed by atoms with E-state index in [4.69, 9.17) is 5.26 Å². The molecular formula is C23H31N5O3. The Kier molecular flexibility index (Phi) is 7.29. The van der Waals surface area contributed by atoms with Gasteiger partial charge in [-0.15, -0.1) is 0 Å². The first-order valence-corrected chi connectivity index (χ1v) is 11.1. The van der Waals surface area contributed by atoms with Gasteiger partial charge in [-0.2, -0.15) is 5.26 Å². The van der Waals surface area contributed by atoms with E-state index < -0.39 is 11.6 Å². The molecule has 4 amide bonds. The Morgan fingerprint density at radius 2 is 1.68 bits per heavy atom. The van der Waals surface area contributed by atoms with Gasteiger partial charge in [0, 0.05) is 32.7 Å². The first-order valence-electron chi connectivity index (χ1n) is 11.1. The predicted molar refractivity (Wildman–Crippen MR) is 116 cm³/mol. The van der Waals surface area contributed by atoms with E-state index in [-0.39, 0.29) is 18.4 Å². The molecule has 0 saturated carbocycles. The van der Waals surface area contributed by atoms with Gasteiger partial charge in [-0.1, -0.05) is 38.8 Å². The molecule has 2 fully saturated rings. The van der Waals surface area contributed by atoms with Crippen molar-refractivity contribution in [2.45, 2.75) is 51.6 Å². The number of nitrogens with zero attached hydrogens (tertiary/aromatic N) is 4. The van der Waals surface area contributed by atoms with Crippen molar-refractivity contribution in [3.63, 3.8) is 0 Å². The molecule has 0 spiro atoms. The minimum atomic E-state index is -0.860. The maximum atomic E-state index is 13.0. The molecule has 0 aromatic heterocycles. The molecular weight excluding hydrogens is 394 g/mol. The van der Waals surface area contributed by atoms with Crippen molar-refractivity contribution < 1.29 is 14.4 Å². The van der Waals surface area contributed by atoms with Gasteiger partial charge in [0.1, 0.15) is 12.1 Å². The number of hydrogen-bond acceptors (Lipinski definition) is 5. The molecule has 1 N–H and O–H groups in total. The van der Waals surface area contributed by atoms with Gasteiger partial charge in [-0.25, -0.2) is 4.79 Å². The van der Waals surface area contributed by atoms with Crippen molar-refractivity contribution in [3.05, 3.63) is 35.4 Å². The van der Waals surface area contributed by atoms with Gasteiger partial charge in [-0.05, 0) is 30.5 Å². The van der Waals surface area contributed by atoms with E-state index >= 15 is 0 Å². The van der Waals surface area contributed by atoms with Crippen LogP contribution in [-0.4, -0.2) is 70.8 Å². The lowest BCUT2D eigenvalue weighted by Gasteiger charge is -2.35. The minimum Gasteiger partial charge on any atom is -0.339 e. The monoisotopic (exact) mass is 425 g/mol. The summed E-state index contributed by atoms with van der Waals surface area (Å²) in [6.07, 6.45) is 2.75. The molecule has 0 unspecified atom stereocenters. The minimum absolute atomic E-state index is 0.190. The van der Waals surface area contributed by atoms with Crippen molar-refractivity contribution >= 4 is 17.8 Å². The lowest BCUT2D eigenvalue weighted by molar-refractivity contribution is -0.140. The number of nitrogens with one attached hydrogen (secondary N) is 1. The Labute approximate surface area is 183 Å². The van der Waals surface area contributed by atoms with E-state index in [2.05, 4.69) is 16.3 Å². The first kappa shape index (κ1) is 22.8. The molecule has 1 aromatic rings. The fraction of sp³-hybridized carbons (Fsp3) is 0.565. The second-order valence-electron chi connectivity index (χ2n) is 8.37. The summed E-state index contributed by atoms with van der Waals surface area (Å²) in [4.78, 5) is 43.3. The number of hydrogen-bond donors (Lipinski definition) is 1. The highest BCUT2D eigenvalue weighted by Gasteiger charge is 2.50. The fourth-order valence-corrected chi connectivity index (χ4v) is 4.47. The SMILES string of the molecule is CCCC1(CCC)NC(=O)N(CC(=O)N2CCN(Cc3ccc(C#N)cc3)CC2)C1=O. The smallest absolute Gasteiger partial charge is 0.325 e. The molecule has 2 aliphatic rings. The number of amides is 4. The third kappa shape index (κ3) is 5.05. The van der Waals surface area contributed by atoms with Gasteiger partial charge < -0.3 is 10.2 Å². The third-order valence-corrected chi connectivity index (χ3v) is 6.11. The standard InChI is InChI=1S/C23H31N5O3/c1-3-9-23(10-4-2)21(30)28(22(31)25-23)17-20(29)27-13-11-26(12-14-27)16-19-7-5-18(15-24)6-8-19/h5-8H,3-4,9-14,16-17H2,1-2H3,(H,25,31). The van der Waals surface area contributed by atoms with Crippen molar-refractivity contribution in [1.29, 1.82) is 5.26 Å². The van der Waals surface area contributed by atoms with Gasteiger partial charge in [0.2, 0.25) is 5.91 Å². The summed E-state index contributed by atoms with van der Waals surface area (Å²) in [5, 5.41) is 11.8. The molecule has 0 atom stereocenters. The molecule has 31 heavy (non-hydrogen) atoms. The predicted octanol–water partition coefficient (Wildman–Crippen LogP) is 2.09. The highest BCUT2D eigenvalue weighted by molar-refractivity contribution is 6.09. The molecule has 166 valence electrons. The van der Waals surface area contributed by atoms with Crippen LogP contribution in [-0.2, 0) is 16.1 Å². The molecule has 0 radical (unpaired) electrons. The zero-order valence-electron chi connectivity index (χ0n) is 18.4. The van der Waals surface area contributed by atoms with Gasteiger partial charge >= 0.3 is 6.03 Å². The second kappa shape index (κ2) is 9.92. The molecule has 8 nitrogen and oxygen atoms in total. The van der Waals surface area contributed by atoms with Crippen LogP contribution in [0.3, 0.4) is 0 Å². The van der Waals surface area contributed by atoms with Gasteiger partial charge in [-0.3, -0.25) is 19.4 Å². The van der Waals surface area contributed by atoms with Crippen molar-refractivity contribution in [1.82, 2.24) is 20.0 Å². The summed E-state index contributed by atoms with van der Waals surface area (Å²) < 4.78 is 0. The largest absolute Gasteiger partial charge is 0.339 e. The Hall–Kier alpha value is -2.92. The number of urea groups is 1. The van der Waals surface area contributed by atoms with E-state index in [1.807, 2.05) is 38.1 Å². The van der Waals surface area contributed by atoms with Crippen LogP contribution in [0.15, 0.2) is 24.3 Å². The highest BCUT2D eigenvalue weighted by Crippen LogP contribution is 2.28. The van der Waals surface area contributed by atoms with Crippen molar-refractivity contribution in [3.8, 4) is 6.07 Å².